The fourth-order valence-electron chi connectivity index (χ4n) is 4.26. The Morgan fingerprint density at radius 2 is 1.82 bits per heavy atom. The van der Waals surface area contributed by atoms with Gasteiger partial charge in [-0.2, -0.15) is 5.10 Å². The maximum Gasteiger partial charge on any atom is 0.219 e. The maximum absolute atomic E-state index is 11.9. The highest BCUT2D eigenvalue weighted by Gasteiger charge is 2.29. The third-order valence-corrected chi connectivity index (χ3v) is 6.44. The molecule has 1 aliphatic heterocycles. The Balaban J connectivity index is 0.000000914. The molecule has 1 fully saturated rings. The van der Waals surface area contributed by atoms with Gasteiger partial charge in [0, 0.05) is 43.4 Å². The number of unbranched alkanes of at least 4 members (excludes halogenated alkanes) is 1. The first-order valence-electron chi connectivity index (χ1n) is 13.3. The molecule has 1 aromatic carbocycles. The Kier molecular flexibility index (Phi) is 11.0. The van der Waals surface area contributed by atoms with E-state index in [2.05, 4.69) is 48.1 Å². The zero-order valence-corrected chi connectivity index (χ0v) is 22.1. The largest absolute Gasteiger partial charge is 0.338 e. The van der Waals surface area contributed by atoms with E-state index < -0.39 is 0 Å². The van der Waals surface area contributed by atoms with E-state index in [1.165, 1.54) is 48.9 Å². The van der Waals surface area contributed by atoms with Gasteiger partial charge < -0.3 is 10.2 Å². The number of amides is 1. The van der Waals surface area contributed by atoms with Gasteiger partial charge in [0.15, 0.2) is 5.82 Å². The first-order chi connectivity index (χ1) is 16.0. The molecule has 0 spiro atoms. The molecule has 2 aromatic rings. The summed E-state index contributed by atoms with van der Waals surface area (Å²) in [7, 11) is 0. The minimum Gasteiger partial charge on any atom is -0.338 e. The molecule has 33 heavy (non-hydrogen) atoms. The Bertz CT molecular complexity index is 852. The van der Waals surface area contributed by atoms with Crippen molar-refractivity contribution >= 4 is 17.4 Å². The van der Waals surface area contributed by atoms with E-state index in [0.717, 1.165) is 36.9 Å². The van der Waals surface area contributed by atoms with E-state index in [1.807, 2.05) is 32.6 Å². The Hall–Kier alpha value is -2.30. The summed E-state index contributed by atoms with van der Waals surface area (Å²) in [5.74, 6) is 2.43. The van der Waals surface area contributed by atoms with E-state index >= 15 is 0 Å². The number of hydrogen-bond donors (Lipinski definition) is 1. The van der Waals surface area contributed by atoms with Gasteiger partial charge in [-0.05, 0) is 48.8 Å². The molecular formula is C28H46N4O. The quantitative estimate of drug-likeness (QED) is 0.456. The van der Waals surface area contributed by atoms with Gasteiger partial charge in [-0.15, -0.1) is 0 Å². The lowest BCUT2D eigenvalue weighted by molar-refractivity contribution is -0.129. The Morgan fingerprint density at radius 1 is 1.15 bits per heavy atom. The number of benzene rings is 1. The molecule has 1 saturated carbocycles. The normalized spacial score (nSPS) is 15.4. The lowest BCUT2D eigenvalue weighted by Crippen LogP contribution is -2.34. The SMILES string of the molecule is CC.CC.CCCCC(C)c1ccc(Nc2nn(CC3CC3)c3c2CN(C(C)=O)CC3)cc1. The Labute approximate surface area is 202 Å². The van der Waals surface area contributed by atoms with Crippen LogP contribution < -0.4 is 5.32 Å². The molecule has 4 rings (SSSR count). The van der Waals surface area contributed by atoms with Crippen molar-refractivity contribution in [3.8, 4) is 0 Å². The number of rotatable bonds is 8. The van der Waals surface area contributed by atoms with E-state index in [0.29, 0.717) is 12.5 Å². The van der Waals surface area contributed by atoms with Crippen molar-refractivity contribution in [2.24, 2.45) is 5.92 Å². The second-order valence-electron chi connectivity index (χ2n) is 8.88. The molecule has 0 bridgehead atoms. The third-order valence-electron chi connectivity index (χ3n) is 6.44. The second-order valence-corrected chi connectivity index (χ2v) is 8.88. The Morgan fingerprint density at radius 3 is 2.39 bits per heavy atom. The molecule has 1 atom stereocenters. The van der Waals surface area contributed by atoms with Crippen molar-refractivity contribution in [1.82, 2.24) is 14.7 Å². The maximum atomic E-state index is 11.9. The summed E-state index contributed by atoms with van der Waals surface area (Å²) >= 11 is 0. The number of nitrogens with one attached hydrogen (secondary N) is 1. The number of nitrogens with zero attached hydrogens (tertiary/aromatic N) is 3. The fourth-order valence-corrected chi connectivity index (χ4v) is 4.26. The van der Waals surface area contributed by atoms with Gasteiger partial charge in [0.2, 0.25) is 5.91 Å². The predicted octanol–water partition coefficient (Wildman–Crippen LogP) is 7.29. The van der Waals surface area contributed by atoms with Gasteiger partial charge in [-0.3, -0.25) is 9.48 Å². The summed E-state index contributed by atoms with van der Waals surface area (Å²) in [5.41, 5.74) is 4.96. The summed E-state index contributed by atoms with van der Waals surface area (Å²) in [6, 6.07) is 8.79. The van der Waals surface area contributed by atoms with Crippen LogP contribution in [0.4, 0.5) is 11.5 Å². The number of anilines is 2. The molecule has 1 aromatic heterocycles. The molecular weight excluding hydrogens is 408 g/mol. The molecule has 1 N–H and O–H groups in total. The average Bonchev–Trinajstić information content (AvgIpc) is 3.62. The molecule has 184 valence electrons. The van der Waals surface area contributed by atoms with Crippen LogP contribution in [0.25, 0.3) is 0 Å². The van der Waals surface area contributed by atoms with E-state index in [1.54, 1.807) is 6.92 Å². The van der Waals surface area contributed by atoms with Gasteiger partial charge >= 0.3 is 0 Å². The first kappa shape index (κ1) is 26.9. The van der Waals surface area contributed by atoms with Crippen LogP contribution in [0.3, 0.4) is 0 Å². The molecule has 1 aliphatic carbocycles. The summed E-state index contributed by atoms with van der Waals surface area (Å²) in [5, 5.41) is 8.47. The highest BCUT2D eigenvalue weighted by molar-refractivity contribution is 5.74. The lowest BCUT2D eigenvalue weighted by Gasteiger charge is -2.26. The van der Waals surface area contributed by atoms with E-state index in [9.17, 15) is 4.79 Å². The van der Waals surface area contributed by atoms with Crippen molar-refractivity contribution in [2.45, 2.75) is 106 Å². The van der Waals surface area contributed by atoms with Crippen LogP contribution in [0.2, 0.25) is 0 Å². The van der Waals surface area contributed by atoms with E-state index in [-0.39, 0.29) is 5.91 Å². The fraction of sp³-hybridized carbons (Fsp3) is 0.643. The summed E-state index contributed by atoms with van der Waals surface area (Å²) < 4.78 is 2.20. The van der Waals surface area contributed by atoms with Crippen LogP contribution >= 0.6 is 0 Å². The van der Waals surface area contributed by atoms with Gasteiger partial charge in [0.25, 0.3) is 0 Å². The standard InChI is InChI=1S/C24H34N4O.2C2H6/c1-4-5-6-17(2)20-9-11-21(12-10-20)25-24-22-16-27(18(3)29)14-13-23(22)28(26-24)15-19-7-8-19;2*1-2/h9-12,17,19H,4-8,13-16H2,1-3H3,(H,25,26);2*1-2H3. The van der Waals surface area contributed by atoms with E-state index in [4.69, 9.17) is 5.10 Å². The third kappa shape index (κ3) is 7.35. The van der Waals surface area contributed by atoms with Crippen LogP contribution in [0.15, 0.2) is 24.3 Å². The minimum atomic E-state index is 0.141. The van der Waals surface area contributed by atoms with Gasteiger partial charge in [-0.1, -0.05) is 66.5 Å². The molecule has 0 saturated heterocycles. The zero-order valence-electron chi connectivity index (χ0n) is 22.1. The highest BCUT2D eigenvalue weighted by Crippen LogP contribution is 2.34. The van der Waals surface area contributed by atoms with Crippen molar-refractivity contribution in [1.29, 1.82) is 0 Å². The molecule has 2 aliphatic rings. The van der Waals surface area contributed by atoms with Crippen molar-refractivity contribution in [3.63, 3.8) is 0 Å². The second kappa shape index (κ2) is 13.4. The molecule has 5 heteroatoms. The summed E-state index contributed by atoms with van der Waals surface area (Å²) in [4.78, 5) is 13.9. The van der Waals surface area contributed by atoms with Crippen molar-refractivity contribution in [3.05, 3.63) is 41.1 Å². The van der Waals surface area contributed by atoms with Crippen molar-refractivity contribution < 1.29 is 4.79 Å². The van der Waals surface area contributed by atoms with Crippen LogP contribution in [-0.4, -0.2) is 27.1 Å². The summed E-state index contributed by atoms with van der Waals surface area (Å²) in [6.07, 6.45) is 7.28. The zero-order chi connectivity index (χ0) is 24.4. The number of fused-ring (bicyclic) bond motifs is 1. The van der Waals surface area contributed by atoms with Crippen LogP contribution in [0, 0.1) is 5.92 Å². The summed E-state index contributed by atoms with van der Waals surface area (Å²) in [6.45, 7) is 16.7. The average molecular weight is 455 g/mol. The highest BCUT2D eigenvalue weighted by atomic mass is 16.2. The number of carbonyl (C=O) groups is 1. The first-order valence-corrected chi connectivity index (χ1v) is 13.3. The van der Waals surface area contributed by atoms with Crippen LogP contribution in [0.5, 0.6) is 0 Å². The van der Waals surface area contributed by atoms with Gasteiger partial charge in [-0.25, -0.2) is 0 Å². The monoisotopic (exact) mass is 454 g/mol. The molecule has 0 radical (unpaired) electrons. The molecule has 1 amide bonds. The molecule has 5 nitrogen and oxygen atoms in total. The minimum absolute atomic E-state index is 0.141. The smallest absolute Gasteiger partial charge is 0.219 e. The predicted molar refractivity (Wildman–Crippen MR) is 140 cm³/mol. The van der Waals surface area contributed by atoms with Crippen molar-refractivity contribution in [2.75, 3.05) is 11.9 Å². The number of hydrogen-bond acceptors (Lipinski definition) is 3. The lowest BCUT2D eigenvalue weighted by atomic mass is 9.95. The number of aromatic nitrogens is 2. The van der Waals surface area contributed by atoms with Gasteiger partial charge in [0.05, 0.1) is 6.54 Å². The van der Waals surface area contributed by atoms with Crippen LogP contribution in [0.1, 0.15) is 103 Å². The van der Waals surface area contributed by atoms with Gasteiger partial charge in [0.1, 0.15) is 0 Å². The van der Waals surface area contributed by atoms with Crippen LogP contribution in [-0.2, 0) is 24.3 Å². The topological polar surface area (TPSA) is 50.2 Å². The molecule has 1 unspecified atom stereocenters. The molecule has 2 heterocycles. The number of carbonyl (C=O) groups excluding carboxylic acids is 1.